The van der Waals surface area contributed by atoms with Gasteiger partial charge in [0.2, 0.25) is 0 Å². The van der Waals surface area contributed by atoms with Gasteiger partial charge in [-0.3, -0.25) is 0 Å². The number of carboxylic acids is 1. The van der Waals surface area contributed by atoms with Crippen molar-refractivity contribution in [2.24, 2.45) is 5.41 Å². The van der Waals surface area contributed by atoms with Gasteiger partial charge in [-0.15, -0.1) is 0 Å². The largest absolute Gasteiger partial charge is 0.479 e. The van der Waals surface area contributed by atoms with Gasteiger partial charge in [0.05, 0.1) is 18.8 Å². The van der Waals surface area contributed by atoms with Gasteiger partial charge < -0.3 is 14.6 Å². The summed E-state index contributed by atoms with van der Waals surface area (Å²) in [6.45, 7) is 6.25. The third kappa shape index (κ3) is 4.55. The molecule has 0 aromatic heterocycles. The second-order valence-electron chi connectivity index (χ2n) is 6.73. The molecule has 1 N–H and O–H groups in total. The van der Waals surface area contributed by atoms with Crippen LogP contribution in [0.4, 0.5) is 0 Å². The van der Waals surface area contributed by atoms with E-state index < -0.39 is 17.5 Å². The van der Waals surface area contributed by atoms with Crippen LogP contribution >= 0.6 is 0 Å². The number of benzene rings is 1. The number of hydrogen-bond acceptors (Lipinski definition) is 3. The molecule has 1 saturated carbocycles. The van der Waals surface area contributed by atoms with Crippen LogP contribution in [0.15, 0.2) is 30.3 Å². The van der Waals surface area contributed by atoms with Crippen LogP contribution in [-0.2, 0) is 20.9 Å². The Balaban J connectivity index is 1.72. The van der Waals surface area contributed by atoms with E-state index in [-0.39, 0.29) is 12.2 Å². The van der Waals surface area contributed by atoms with E-state index in [1.165, 1.54) is 0 Å². The lowest BCUT2D eigenvalue weighted by molar-refractivity contribution is -0.181. The van der Waals surface area contributed by atoms with Crippen molar-refractivity contribution < 1.29 is 19.4 Å². The minimum absolute atomic E-state index is 0.00824. The highest BCUT2D eigenvalue weighted by atomic mass is 16.5. The maximum Gasteiger partial charge on any atom is 0.333 e. The number of aliphatic carboxylic acids is 1. The predicted molar refractivity (Wildman–Crippen MR) is 80.0 cm³/mol. The summed E-state index contributed by atoms with van der Waals surface area (Å²) in [5.41, 5.74) is 0.752. The van der Waals surface area contributed by atoms with E-state index in [4.69, 9.17) is 9.47 Å². The van der Waals surface area contributed by atoms with Crippen LogP contribution in [0.2, 0.25) is 0 Å². The molecule has 116 valence electrons. The number of carbonyl (C=O) groups is 1. The highest BCUT2D eigenvalue weighted by molar-refractivity contribution is 5.73. The van der Waals surface area contributed by atoms with E-state index in [0.29, 0.717) is 6.61 Å². The van der Waals surface area contributed by atoms with Crippen molar-refractivity contribution in [3.8, 4) is 0 Å². The molecule has 0 aliphatic heterocycles. The first kappa shape index (κ1) is 16.0. The Bertz CT molecular complexity index is 457. The molecule has 0 saturated heterocycles. The summed E-state index contributed by atoms with van der Waals surface area (Å²) in [6.07, 6.45) is 0.938. The molecule has 0 radical (unpaired) electrons. The van der Waals surface area contributed by atoms with E-state index in [9.17, 15) is 9.90 Å². The fourth-order valence-electron chi connectivity index (χ4n) is 2.38. The molecule has 0 bridgehead atoms. The Kier molecular flexibility index (Phi) is 5.01. The minimum atomic E-state index is -0.892. The zero-order chi connectivity index (χ0) is 15.5. The number of carboxylic acid groups (broad SMARTS) is 1. The van der Waals surface area contributed by atoms with Crippen molar-refractivity contribution in [2.75, 3.05) is 0 Å². The Morgan fingerprint density at radius 3 is 2.38 bits per heavy atom. The molecule has 21 heavy (non-hydrogen) atoms. The van der Waals surface area contributed by atoms with Crippen molar-refractivity contribution in [3.63, 3.8) is 0 Å². The van der Waals surface area contributed by atoms with Crippen LogP contribution < -0.4 is 0 Å². The highest BCUT2D eigenvalue weighted by Gasteiger charge is 2.39. The molecular weight excluding hydrogens is 268 g/mol. The van der Waals surface area contributed by atoms with Gasteiger partial charge in [-0.1, -0.05) is 51.1 Å². The van der Waals surface area contributed by atoms with Gasteiger partial charge in [0.1, 0.15) is 0 Å². The highest BCUT2D eigenvalue weighted by Crippen LogP contribution is 2.32. The molecule has 1 aromatic carbocycles. The molecule has 1 atom stereocenters. The number of ether oxygens (including phenoxy) is 2. The van der Waals surface area contributed by atoms with Crippen molar-refractivity contribution >= 4 is 5.97 Å². The third-order valence-electron chi connectivity index (χ3n) is 3.72. The quantitative estimate of drug-likeness (QED) is 0.874. The van der Waals surface area contributed by atoms with Crippen LogP contribution in [0, 0.1) is 5.41 Å². The summed E-state index contributed by atoms with van der Waals surface area (Å²) in [5.74, 6) is -0.892. The van der Waals surface area contributed by atoms with Gasteiger partial charge in [-0.2, -0.15) is 0 Å². The lowest BCUT2D eigenvalue weighted by atomic mass is 9.87. The predicted octanol–water partition coefficient (Wildman–Crippen LogP) is 3.25. The molecule has 0 heterocycles. The lowest BCUT2D eigenvalue weighted by Crippen LogP contribution is -2.46. The molecular formula is C17H24O4. The average molecular weight is 292 g/mol. The Morgan fingerprint density at radius 1 is 1.24 bits per heavy atom. The van der Waals surface area contributed by atoms with Crippen molar-refractivity contribution in [3.05, 3.63) is 35.9 Å². The summed E-state index contributed by atoms with van der Waals surface area (Å²) in [4.78, 5) is 11.3. The second kappa shape index (κ2) is 6.58. The van der Waals surface area contributed by atoms with Crippen LogP contribution in [0.25, 0.3) is 0 Å². The Hall–Kier alpha value is -1.39. The van der Waals surface area contributed by atoms with Gasteiger partial charge in [0.25, 0.3) is 0 Å². The van der Waals surface area contributed by atoms with E-state index in [1.54, 1.807) is 0 Å². The van der Waals surface area contributed by atoms with Crippen LogP contribution in [0.5, 0.6) is 0 Å². The molecule has 1 aliphatic rings. The fraction of sp³-hybridized carbons (Fsp3) is 0.588. The summed E-state index contributed by atoms with van der Waals surface area (Å²) in [7, 11) is 0. The molecule has 2 rings (SSSR count). The fourth-order valence-corrected chi connectivity index (χ4v) is 2.38. The standard InChI is InChI=1S/C17H24O4/c1-17(2,3)15(16(18)19)21-14-9-13(10-14)20-11-12-7-5-4-6-8-12/h4-8,13-15H,9-11H2,1-3H3,(H,18,19). The monoisotopic (exact) mass is 292 g/mol. The minimum Gasteiger partial charge on any atom is -0.479 e. The zero-order valence-corrected chi connectivity index (χ0v) is 12.9. The second-order valence-corrected chi connectivity index (χ2v) is 6.73. The number of rotatable bonds is 6. The normalized spacial score (nSPS) is 23.4. The van der Waals surface area contributed by atoms with Gasteiger partial charge in [0, 0.05) is 12.8 Å². The first-order valence-electron chi connectivity index (χ1n) is 7.40. The van der Waals surface area contributed by atoms with Crippen molar-refractivity contribution in [2.45, 2.75) is 58.5 Å². The maximum absolute atomic E-state index is 11.3. The third-order valence-corrected chi connectivity index (χ3v) is 3.72. The van der Waals surface area contributed by atoms with E-state index >= 15 is 0 Å². The maximum atomic E-state index is 11.3. The smallest absolute Gasteiger partial charge is 0.333 e. The lowest BCUT2D eigenvalue weighted by Gasteiger charge is -2.39. The molecule has 0 amide bonds. The van der Waals surface area contributed by atoms with Crippen molar-refractivity contribution in [1.29, 1.82) is 0 Å². The molecule has 1 aliphatic carbocycles. The molecule has 1 aromatic rings. The summed E-state index contributed by atoms with van der Waals surface area (Å²) in [5, 5.41) is 9.24. The van der Waals surface area contributed by atoms with Gasteiger partial charge >= 0.3 is 5.97 Å². The van der Waals surface area contributed by atoms with Gasteiger partial charge in [0.15, 0.2) is 6.10 Å². The van der Waals surface area contributed by atoms with Crippen LogP contribution in [0.3, 0.4) is 0 Å². The van der Waals surface area contributed by atoms with Crippen molar-refractivity contribution in [1.82, 2.24) is 0 Å². The average Bonchev–Trinajstić information content (AvgIpc) is 2.35. The topological polar surface area (TPSA) is 55.8 Å². The molecule has 0 spiro atoms. The Labute approximate surface area is 126 Å². The zero-order valence-electron chi connectivity index (χ0n) is 12.9. The summed E-state index contributed by atoms with van der Waals surface area (Å²) < 4.78 is 11.5. The Morgan fingerprint density at radius 2 is 1.86 bits per heavy atom. The first-order valence-corrected chi connectivity index (χ1v) is 7.40. The summed E-state index contributed by atoms with van der Waals surface area (Å²) >= 11 is 0. The van der Waals surface area contributed by atoms with Gasteiger partial charge in [-0.05, 0) is 11.0 Å². The number of hydrogen-bond donors (Lipinski definition) is 1. The molecule has 4 heteroatoms. The van der Waals surface area contributed by atoms with Crippen LogP contribution in [0.1, 0.15) is 39.2 Å². The first-order chi connectivity index (χ1) is 9.86. The van der Waals surface area contributed by atoms with E-state index in [0.717, 1.165) is 18.4 Å². The van der Waals surface area contributed by atoms with E-state index in [2.05, 4.69) is 0 Å². The molecule has 1 unspecified atom stereocenters. The molecule has 4 nitrogen and oxygen atoms in total. The van der Waals surface area contributed by atoms with E-state index in [1.807, 2.05) is 51.1 Å². The van der Waals surface area contributed by atoms with Gasteiger partial charge in [-0.25, -0.2) is 4.79 Å². The SMILES string of the molecule is CC(C)(C)C(OC1CC(OCc2ccccc2)C1)C(=O)O. The summed E-state index contributed by atoms with van der Waals surface area (Å²) in [6, 6.07) is 10.0. The molecule has 1 fully saturated rings. The van der Waals surface area contributed by atoms with Crippen LogP contribution in [-0.4, -0.2) is 29.4 Å².